The van der Waals surface area contributed by atoms with Crippen LogP contribution in [0.2, 0.25) is 0 Å². The maximum absolute atomic E-state index is 5.59. The van der Waals surface area contributed by atoms with Crippen molar-refractivity contribution >= 4 is 41.7 Å². The third-order valence-corrected chi connectivity index (χ3v) is 5.51. The summed E-state index contributed by atoms with van der Waals surface area (Å²) in [5.41, 5.74) is 0. The second-order valence-electron chi connectivity index (χ2n) is 5.94. The predicted octanol–water partition coefficient (Wildman–Crippen LogP) is 3.28. The first kappa shape index (κ1) is 24.3. The van der Waals surface area contributed by atoms with Crippen LogP contribution in [0.25, 0.3) is 0 Å². The standard InChI is InChI=1S/C17H35N3O2S.HI/c1-4-6-11-21-12-7-10-19-16(18-5-2)20-15-17(23-3)8-13-22-14-9-17;/h4-15H2,1-3H3,(H2,18,19,20);1H. The largest absolute Gasteiger partial charge is 0.381 e. The monoisotopic (exact) mass is 473 g/mol. The third-order valence-electron chi connectivity index (χ3n) is 4.11. The van der Waals surface area contributed by atoms with Crippen LogP contribution in [0.3, 0.4) is 0 Å². The molecule has 24 heavy (non-hydrogen) atoms. The zero-order valence-corrected chi connectivity index (χ0v) is 18.7. The Morgan fingerprint density at radius 1 is 1.17 bits per heavy atom. The fourth-order valence-electron chi connectivity index (χ4n) is 2.46. The van der Waals surface area contributed by atoms with Gasteiger partial charge in [0.05, 0.1) is 6.54 Å². The van der Waals surface area contributed by atoms with Crippen LogP contribution in [0.1, 0.15) is 46.0 Å². The molecule has 2 N–H and O–H groups in total. The lowest BCUT2D eigenvalue weighted by molar-refractivity contribution is 0.0794. The molecule has 0 atom stereocenters. The lowest BCUT2D eigenvalue weighted by atomic mass is 9.99. The smallest absolute Gasteiger partial charge is 0.191 e. The third kappa shape index (κ3) is 10.3. The highest BCUT2D eigenvalue weighted by Crippen LogP contribution is 2.33. The van der Waals surface area contributed by atoms with Crippen LogP contribution >= 0.6 is 35.7 Å². The van der Waals surface area contributed by atoms with Crippen molar-refractivity contribution in [1.82, 2.24) is 10.6 Å². The second-order valence-corrected chi connectivity index (χ2v) is 7.22. The molecule has 0 saturated carbocycles. The summed E-state index contributed by atoms with van der Waals surface area (Å²) < 4.78 is 11.3. The molecule has 144 valence electrons. The number of rotatable bonds is 11. The number of halogens is 1. The Bertz CT molecular complexity index is 327. The molecule has 0 aromatic heterocycles. The number of nitrogens with one attached hydrogen (secondary N) is 2. The quantitative estimate of drug-likeness (QED) is 0.209. The molecule has 1 aliphatic rings. The highest BCUT2D eigenvalue weighted by molar-refractivity contribution is 14.0. The molecule has 5 nitrogen and oxygen atoms in total. The molecule has 1 saturated heterocycles. The van der Waals surface area contributed by atoms with Gasteiger partial charge in [0.25, 0.3) is 0 Å². The van der Waals surface area contributed by atoms with E-state index in [2.05, 4.69) is 30.7 Å². The van der Waals surface area contributed by atoms with Crippen molar-refractivity contribution < 1.29 is 9.47 Å². The molecule has 0 aromatic rings. The van der Waals surface area contributed by atoms with E-state index in [1.165, 1.54) is 6.42 Å². The molecule has 0 aromatic carbocycles. The molecule has 0 spiro atoms. The topological polar surface area (TPSA) is 54.9 Å². The van der Waals surface area contributed by atoms with Gasteiger partial charge in [0.1, 0.15) is 0 Å². The number of unbranched alkanes of at least 4 members (excludes halogenated alkanes) is 1. The van der Waals surface area contributed by atoms with E-state index in [1.807, 2.05) is 11.8 Å². The van der Waals surface area contributed by atoms with E-state index >= 15 is 0 Å². The average Bonchev–Trinajstić information content (AvgIpc) is 2.59. The second kappa shape index (κ2) is 15.5. The molecule has 1 heterocycles. The Balaban J connectivity index is 0.00000529. The molecular formula is C17H36IN3O2S. The van der Waals surface area contributed by atoms with E-state index in [1.54, 1.807) is 0 Å². The van der Waals surface area contributed by atoms with Crippen LogP contribution in [-0.2, 0) is 9.47 Å². The van der Waals surface area contributed by atoms with Gasteiger partial charge in [0, 0.05) is 44.3 Å². The minimum atomic E-state index is 0. The van der Waals surface area contributed by atoms with Crippen molar-refractivity contribution in [2.45, 2.75) is 50.7 Å². The van der Waals surface area contributed by atoms with Gasteiger partial charge < -0.3 is 20.1 Å². The Morgan fingerprint density at radius 2 is 1.88 bits per heavy atom. The first-order chi connectivity index (χ1) is 11.3. The zero-order chi connectivity index (χ0) is 16.8. The molecule has 0 bridgehead atoms. The number of thioether (sulfide) groups is 1. The van der Waals surface area contributed by atoms with Gasteiger partial charge in [0.15, 0.2) is 5.96 Å². The molecule has 1 fully saturated rings. The van der Waals surface area contributed by atoms with Crippen molar-refractivity contribution in [3.8, 4) is 0 Å². The number of aliphatic imine (C=N–C) groups is 1. The van der Waals surface area contributed by atoms with Crippen LogP contribution in [0.15, 0.2) is 4.99 Å². The van der Waals surface area contributed by atoms with E-state index in [9.17, 15) is 0 Å². The Kier molecular flexibility index (Phi) is 15.7. The summed E-state index contributed by atoms with van der Waals surface area (Å²) in [6.45, 7) is 10.3. The fraction of sp³-hybridized carbons (Fsp3) is 0.941. The Labute approximate surface area is 169 Å². The molecule has 0 amide bonds. The average molecular weight is 473 g/mol. The van der Waals surface area contributed by atoms with Crippen LogP contribution in [-0.4, -0.2) is 63.0 Å². The SMILES string of the molecule is CCCCOCCCNC(=NCC1(SC)CCOCC1)NCC.I. The van der Waals surface area contributed by atoms with Gasteiger partial charge >= 0.3 is 0 Å². The molecule has 0 aliphatic carbocycles. The maximum atomic E-state index is 5.59. The van der Waals surface area contributed by atoms with Gasteiger partial charge in [0.2, 0.25) is 0 Å². The van der Waals surface area contributed by atoms with Gasteiger partial charge in [-0.05, 0) is 38.9 Å². The molecule has 1 aliphatic heterocycles. The predicted molar refractivity (Wildman–Crippen MR) is 116 cm³/mol. The zero-order valence-electron chi connectivity index (χ0n) is 15.6. The maximum Gasteiger partial charge on any atom is 0.191 e. The van der Waals surface area contributed by atoms with Gasteiger partial charge in [-0.15, -0.1) is 24.0 Å². The van der Waals surface area contributed by atoms with Crippen LogP contribution in [0.4, 0.5) is 0 Å². The lowest BCUT2D eigenvalue weighted by Crippen LogP contribution is -2.41. The van der Waals surface area contributed by atoms with E-state index in [0.29, 0.717) is 0 Å². The number of hydrogen-bond donors (Lipinski definition) is 2. The number of ether oxygens (including phenoxy) is 2. The van der Waals surface area contributed by atoms with E-state index in [4.69, 9.17) is 14.5 Å². The first-order valence-electron chi connectivity index (χ1n) is 8.99. The van der Waals surface area contributed by atoms with Gasteiger partial charge in [-0.3, -0.25) is 4.99 Å². The van der Waals surface area contributed by atoms with Crippen LogP contribution < -0.4 is 10.6 Å². The molecule has 1 rings (SSSR count). The van der Waals surface area contributed by atoms with Crippen molar-refractivity contribution in [1.29, 1.82) is 0 Å². The molecular weight excluding hydrogens is 437 g/mol. The van der Waals surface area contributed by atoms with E-state index in [-0.39, 0.29) is 28.7 Å². The fourth-order valence-corrected chi connectivity index (χ4v) is 3.23. The normalized spacial score (nSPS) is 17.2. The summed E-state index contributed by atoms with van der Waals surface area (Å²) >= 11 is 1.93. The number of guanidine groups is 1. The first-order valence-corrected chi connectivity index (χ1v) is 10.2. The minimum absolute atomic E-state index is 0. The molecule has 0 unspecified atom stereocenters. The van der Waals surface area contributed by atoms with E-state index < -0.39 is 0 Å². The summed E-state index contributed by atoms with van der Waals surface area (Å²) in [7, 11) is 0. The van der Waals surface area contributed by atoms with Gasteiger partial charge in [-0.1, -0.05) is 13.3 Å². The highest BCUT2D eigenvalue weighted by atomic mass is 127. The number of nitrogens with zero attached hydrogens (tertiary/aromatic N) is 1. The summed E-state index contributed by atoms with van der Waals surface area (Å²) in [4.78, 5) is 4.80. The molecule has 0 radical (unpaired) electrons. The van der Waals surface area contributed by atoms with Gasteiger partial charge in [-0.2, -0.15) is 11.8 Å². The van der Waals surface area contributed by atoms with Crippen LogP contribution in [0, 0.1) is 0 Å². The summed E-state index contributed by atoms with van der Waals surface area (Å²) in [5.74, 6) is 0.918. The van der Waals surface area contributed by atoms with Crippen molar-refractivity contribution in [3.05, 3.63) is 0 Å². The number of hydrogen-bond acceptors (Lipinski definition) is 4. The molecule has 7 heteroatoms. The summed E-state index contributed by atoms with van der Waals surface area (Å²) in [5, 5.41) is 6.74. The van der Waals surface area contributed by atoms with Crippen molar-refractivity contribution in [2.24, 2.45) is 4.99 Å². The summed E-state index contributed by atoms with van der Waals surface area (Å²) in [6, 6.07) is 0. The van der Waals surface area contributed by atoms with Crippen molar-refractivity contribution in [2.75, 3.05) is 52.3 Å². The Hall–Kier alpha value is 0.270. The van der Waals surface area contributed by atoms with E-state index in [0.717, 1.165) is 77.7 Å². The highest BCUT2D eigenvalue weighted by Gasteiger charge is 2.31. The Morgan fingerprint density at radius 3 is 2.50 bits per heavy atom. The van der Waals surface area contributed by atoms with Crippen molar-refractivity contribution in [3.63, 3.8) is 0 Å². The van der Waals surface area contributed by atoms with Crippen LogP contribution in [0.5, 0.6) is 0 Å². The lowest BCUT2D eigenvalue weighted by Gasteiger charge is -2.34. The summed E-state index contributed by atoms with van der Waals surface area (Å²) in [6.07, 6.45) is 7.71. The van der Waals surface area contributed by atoms with Gasteiger partial charge in [-0.25, -0.2) is 0 Å². The minimum Gasteiger partial charge on any atom is -0.381 e.